The van der Waals surface area contributed by atoms with Gasteiger partial charge in [-0.25, -0.2) is 0 Å². The Bertz CT molecular complexity index is 569. The number of piperidine rings is 1. The van der Waals surface area contributed by atoms with Crippen molar-refractivity contribution >= 4 is 5.69 Å². The van der Waals surface area contributed by atoms with Crippen LogP contribution in [0.5, 0.6) is 0 Å². The lowest BCUT2D eigenvalue weighted by atomic mass is 9.79. The second-order valence-electron chi connectivity index (χ2n) is 5.91. The summed E-state index contributed by atoms with van der Waals surface area (Å²) in [5, 5.41) is 15.4. The molecule has 1 aromatic carbocycles. The maximum atomic E-state index is 12.8. The predicted octanol–water partition coefficient (Wildman–Crippen LogP) is 3.01. The van der Waals surface area contributed by atoms with Gasteiger partial charge in [0.1, 0.15) is 0 Å². The Morgan fingerprint density at radius 1 is 1.35 bits per heavy atom. The van der Waals surface area contributed by atoms with Crippen LogP contribution in [0.2, 0.25) is 0 Å². The van der Waals surface area contributed by atoms with E-state index in [4.69, 9.17) is 10.00 Å². The number of methoxy groups -OCH3 is 1. The van der Waals surface area contributed by atoms with Crippen LogP contribution in [0.1, 0.15) is 24.0 Å². The van der Waals surface area contributed by atoms with Crippen molar-refractivity contribution in [2.24, 2.45) is 5.41 Å². The van der Waals surface area contributed by atoms with E-state index in [1.807, 2.05) is 0 Å². The summed E-state index contributed by atoms with van der Waals surface area (Å²) in [6, 6.07) is 5.19. The molecule has 126 valence electrons. The molecule has 4 nitrogen and oxygen atoms in total. The highest BCUT2D eigenvalue weighted by atomic mass is 19.4. The van der Waals surface area contributed by atoms with E-state index in [0.717, 1.165) is 32.0 Å². The Morgan fingerprint density at radius 3 is 2.61 bits per heavy atom. The Morgan fingerprint density at radius 2 is 2.04 bits per heavy atom. The lowest BCUT2D eigenvalue weighted by molar-refractivity contribution is -0.137. The number of halogens is 3. The fourth-order valence-electron chi connectivity index (χ4n) is 2.92. The van der Waals surface area contributed by atoms with Gasteiger partial charge in [0.2, 0.25) is 0 Å². The number of benzene rings is 1. The molecule has 7 heteroatoms. The number of rotatable bonds is 5. The minimum atomic E-state index is -4.52. The number of hydrogen-bond acceptors (Lipinski definition) is 4. The van der Waals surface area contributed by atoms with Gasteiger partial charge in [0.25, 0.3) is 0 Å². The van der Waals surface area contributed by atoms with Crippen LogP contribution < -0.4 is 10.6 Å². The Balaban J connectivity index is 2.12. The first-order valence-corrected chi connectivity index (χ1v) is 7.45. The smallest absolute Gasteiger partial charge is 0.384 e. The van der Waals surface area contributed by atoms with Crippen LogP contribution in [0.4, 0.5) is 18.9 Å². The van der Waals surface area contributed by atoms with Gasteiger partial charge in [0, 0.05) is 24.8 Å². The zero-order valence-electron chi connectivity index (χ0n) is 13.0. The fraction of sp³-hybridized carbons (Fsp3) is 0.562. The molecule has 2 rings (SSSR count). The van der Waals surface area contributed by atoms with Gasteiger partial charge in [-0.3, -0.25) is 0 Å². The van der Waals surface area contributed by atoms with Gasteiger partial charge in [-0.15, -0.1) is 0 Å². The Labute approximate surface area is 133 Å². The van der Waals surface area contributed by atoms with E-state index in [1.165, 1.54) is 12.1 Å². The number of ether oxygens (including phenoxy) is 1. The van der Waals surface area contributed by atoms with Crippen molar-refractivity contribution in [3.8, 4) is 6.07 Å². The summed E-state index contributed by atoms with van der Waals surface area (Å²) in [6.07, 6.45) is -2.66. The van der Waals surface area contributed by atoms with Crippen molar-refractivity contribution in [3.05, 3.63) is 29.3 Å². The van der Waals surface area contributed by atoms with Crippen molar-refractivity contribution < 1.29 is 17.9 Å². The number of nitrogens with zero attached hydrogens (tertiary/aromatic N) is 1. The number of alkyl halides is 3. The zero-order chi connectivity index (χ0) is 16.9. The molecule has 23 heavy (non-hydrogen) atoms. The average molecular weight is 327 g/mol. The van der Waals surface area contributed by atoms with Crippen LogP contribution in [-0.4, -0.2) is 33.4 Å². The second kappa shape index (κ2) is 7.20. The van der Waals surface area contributed by atoms with E-state index in [1.54, 1.807) is 13.2 Å². The molecule has 1 saturated heterocycles. The third kappa shape index (κ3) is 4.36. The number of nitriles is 1. The van der Waals surface area contributed by atoms with Gasteiger partial charge in [-0.2, -0.15) is 18.4 Å². The van der Waals surface area contributed by atoms with Gasteiger partial charge in [-0.05, 0) is 44.1 Å². The van der Waals surface area contributed by atoms with E-state index >= 15 is 0 Å². The molecule has 0 aromatic heterocycles. The van der Waals surface area contributed by atoms with Gasteiger partial charge < -0.3 is 15.4 Å². The molecule has 0 bridgehead atoms. The summed E-state index contributed by atoms with van der Waals surface area (Å²) in [6.45, 7) is 2.97. The van der Waals surface area contributed by atoms with E-state index in [9.17, 15) is 13.2 Å². The van der Waals surface area contributed by atoms with Gasteiger partial charge >= 0.3 is 6.18 Å². The summed E-state index contributed by atoms with van der Waals surface area (Å²) >= 11 is 0. The quantitative estimate of drug-likeness (QED) is 0.873. The lowest BCUT2D eigenvalue weighted by Gasteiger charge is -2.37. The second-order valence-corrected chi connectivity index (χ2v) is 5.91. The molecule has 0 saturated carbocycles. The van der Waals surface area contributed by atoms with Gasteiger partial charge in [0.15, 0.2) is 0 Å². The molecule has 0 atom stereocenters. The molecule has 1 aliphatic heterocycles. The first kappa shape index (κ1) is 17.6. The largest absolute Gasteiger partial charge is 0.417 e. The molecule has 1 heterocycles. The molecule has 1 fully saturated rings. The van der Waals surface area contributed by atoms with Crippen LogP contribution in [0.25, 0.3) is 0 Å². The normalized spacial score (nSPS) is 17.5. The van der Waals surface area contributed by atoms with Crippen LogP contribution in [0, 0.1) is 16.7 Å². The highest BCUT2D eigenvalue weighted by Crippen LogP contribution is 2.34. The molecular weight excluding hydrogens is 307 g/mol. The van der Waals surface area contributed by atoms with Crippen molar-refractivity contribution in [1.29, 1.82) is 5.26 Å². The number of hydrogen-bond donors (Lipinski definition) is 2. The van der Waals surface area contributed by atoms with Crippen LogP contribution in [0.15, 0.2) is 18.2 Å². The molecule has 2 N–H and O–H groups in total. The zero-order valence-corrected chi connectivity index (χ0v) is 13.0. The van der Waals surface area contributed by atoms with Crippen molar-refractivity contribution in [2.75, 3.05) is 38.7 Å². The average Bonchev–Trinajstić information content (AvgIpc) is 2.53. The predicted molar refractivity (Wildman–Crippen MR) is 81.1 cm³/mol. The summed E-state index contributed by atoms with van der Waals surface area (Å²) in [5.74, 6) is 0. The minimum Gasteiger partial charge on any atom is -0.384 e. The van der Waals surface area contributed by atoms with Crippen LogP contribution in [0.3, 0.4) is 0 Å². The molecule has 0 unspecified atom stereocenters. The molecule has 0 spiro atoms. The molecule has 1 aromatic rings. The maximum absolute atomic E-state index is 12.8. The summed E-state index contributed by atoms with van der Waals surface area (Å²) < 4.78 is 43.7. The maximum Gasteiger partial charge on any atom is 0.417 e. The van der Waals surface area contributed by atoms with E-state index < -0.39 is 11.7 Å². The molecule has 0 amide bonds. The van der Waals surface area contributed by atoms with Crippen molar-refractivity contribution in [3.63, 3.8) is 0 Å². The first-order chi connectivity index (χ1) is 10.9. The monoisotopic (exact) mass is 327 g/mol. The third-order valence-corrected chi connectivity index (χ3v) is 4.23. The van der Waals surface area contributed by atoms with Gasteiger partial charge in [-0.1, -0.05) is 0 Å². The van der Waals surface area contributed by atoms with Crippen LogP contribution >= 0.6 is 0 Å². The number of nitrogens with one attached hydrogen (secondary N) is 2. The highest BCUT2D eigenvalue weighted by Gasteiger charge is 2.34. The van der Waals surface area contributed by atoms with E-state index in [0.29, 0.717) is 18.8 Å². The first-order valence-electron chi connectivity index (χ1n) is 7.45. The van der Waals surface area contributed by atoms with Crippen molar-refractivity contribution in [2.45, 2.75) is 19.0 Å². The summed E-state index contributed by atoms with van der Waals surface area (Å²) in [7, 11) is 1.65. The molecule has 1 aliphatic rings. The number of anilines is 1. The molecule has 0 radical (unpaired) electrons. The van der Waals surface area contributed by atoms with Crippen LogP contribution in [-0.2, 0) is 10.9 Å². The summed E-state index contributed by atoms with van der Waals surface area (Å²) in [5.41, 5.74) is -0.800. The Hall–Kier alpha value is -1.78. The van der Waals surface area contributed by atoms with E-state index in [2.05, 4.69) is 10.6 Å². The summed E-state index contributed by atoms with van der Waals surface area (Å²) in [4.78, 5) is 0. The van der Waals surface area contributed by atoms with Crippen molar-refractivity contribution in [1.82, 2.24) is 5.32 Å². The molecule has 0 aliphatic carbocycles. The Kier molecular flexibility index (Phi) is 5.50. The lowest BCUT2D eigenvalue weighted by Crippen LogP contribution is -2.44. The van der Waals surface area contributed by atoms with Gasteiger partial charge in [0.05, 0.1) is 23.8 Å². The highest BCUT2D eigenvalue weighted by molar-refractivity contribution is 5.53. The minimum absolute atomic E-state index is 0.0461. The van der Waals surface area contributed by atoms with E-state index in [-0.39, 0.29) is 11.0 Å². The fourth-order valence-corrected chi connectivity index (χ4v) is 2.92. The SMILES string of the molecule is COCC1(CNc2ccc(C(F)(F)F)c(C#N)c2)CCNCC1. The standard InChI is InChI=1S/C16H20F3N3O/c1-23-11-15(4-6-21-7-5-15)10-22-13-2-3-14(16(17,18)19)12(8-13)9-20/h2-3,8,21-22H,4-7,10-11H2,1H3. The third-order valence-electron chi connectivity index (χ3n) is 4.23. The topological polar surface area (TPSA) is 57.1 Å². The molecular formula is C16H20F3N3O.